The van der Waals surface area contributed by atoms with Gasteiger partial charge in [0.1, 0.15) is 5.82 Å². The van der Waals surface area contributed by atoms with E-state index in [1.165, 1.54) is 12.1 Å². The Morgan fingerprint density at radius 1 is 1.55 bits per heavy atom. The average Bonchev–Trinajstić information content (AvgIpc) is 1.94. The van der Waals surface area contributed by atoms with Crippen LogP contribution in [0, 0.1) is 14.8 Å². The fraction of sp³-hybridized carbons (Fsp3) is 0.125. The summed E-state index contributed by atoms with van der Waals surface area (Å²) < 4.78 is 13.5. The number of hydrogen-bond acceptors (Lipinski definition) is 1. The molecule has 1 nitrogen and oxygen atoms in total. The minimum absolute atomic E-state index is 0.285. The predicted molar refractivity (Wildman–Crippen MR) is 51.6 cm³/mol. The van der Waals surface area contributed by atoms with E-state index in [1.54, 1.807) is 13.0 Å². The Kier molecular flexibility index (Phi) is 2.59. The molecule has 58 valence electrons. The highest BCUT2D eigenvalue weighted by atomic mass is 127. The minimum Gasteiger partial charge on any atom is -0.305 e. The summed E-state index contributed by atoms with van der Waals surface area (Å²) in [6, 6.07) is 4.45. The van der Waals surface area contributed by atoms with E-state index in [-0.39, 0.29) is 5.82 Å². The first-order valence-electron chi connectivity index (χ1n) is 3.12. The van der Waals surface area contributed by atoms with Crippen molar-refractivity contribution >= 4 is 28.3 Å². The predicted octanol–water partition coefficient (Wildman–Crippen LogP) is 2.82. The maximum absolute atomic E-state index is 12.6. The van der Waals surface area contributed by atoms with E-state index in [4.69, 9.17) is 5.41 Å². The summed E-state index contributed by atoms with van der Waals surface area (Å²) in [6.07, 6.45) is 0. The Balaban J connectivity index is 3.23. The van der Waals surface area contributed by atoms with Gasteiger partial charge in [-0.3, -0.25) is 0 Å². The molecule has 0 aromatic heterocycles. The molecule has 0 aliphatic carbocycles. The minimum atomic E-state index is -0.285. The zero-order valence-electron chi connectivity index (χ0n) is 5.99. The van der Waals surface area contributed by atoms with Crippen LogP contribution in [-0.2, 0) is 0 Å². The Morgan fingerprint density at radius 3 is 2.64 bits per heavy atom. The van der Waals surface area contributed by atoms with Gasteiger partial charge in [0.05, 0.1) is 0 Å². The molecule has 0 spiro atoms. The van der Waals surface area contributed by atoms with Crippen LogP contribution in [0.4, 0.5) is 4.39 Å². The van der Waals surface area contributed by atoms with Gasteiger partial charge in [-0.15, -0.1) is 0 Å². The quantitative estimate of drug-likeness (QED) is 0.595. The van der Waals surface area contributed by atoms with Crippen LogP contribution in [0.25, 0.3) is 0 Å². The maximum atomic E-state index is 12.6. The first-order chi connectivity index (χ1) is 5.11. The highest BCUT2D eigenvalue weighted by molar-refractivity contribution is 14.1. The standard InChI is InChI=1S/C8H7FIN/c1-5(11)7-4-6(9)2-3-8(7)10/h2-4,11H,1H3. The first-order valence-corrected chi connectivity index (χ1v) is 4.19. The Morgan fingerprint density at radius 2 is 2.18 bits per heavy atom. The Labute approximate surface area is 78.3 Å². The van der Waals surface area contributed by atoms with E-state index in [0.29, 0.717) is 11.3 Å². The summed E-state index contributed by atoms with van der Waals surface area (Å²) in [5.41, 5.74) is 1.07. The van der Waals surface area contributed by atoms with Gasteiger partial charge in [-0.05, 0) is 47.7 Å². The fourth-order valence-electron chi connectivity index (χ4n) is 0.785. The third-order valence-corrected chi connectivity index (χ3v) is 2.27. The summed E-state index contributed by atoms with van der Waals surface area (Å²) >= 11 is 2.08. The second-order valence-corrected chi connectivity index (χ2v) is 3.41. The van der Waals surface area contributed by atoms with Crippen molar-refractivity contribution < 1.29 is 4.39 Å². The molecule has 1 rings (SSSR count). The number of halogens is 2. The van der Waals surface area contributed by atoms with Crippen LogP contribution in [-0.4, -0.2) is 5.71 Å². The summed E-state index contributed by atoms with van der Waals surface area (Å²) in [5.74, 6) is -0.285. The van der Waals surface area contributed by atoms with E-state index in [2.05, 4.69) is 22.6 Å². The zero-order valence-corrected chi connectivity index (χ0v) is 8.15. The second kappa shape index (κ2) is 3.30. The topological polar surface area (TPSA) is 23.9 Å². The van der Waals surface area contributed by atoms with E-state index in [0.717, 1.165) is 3.57 Å². The lowest BCUT2D eigenvalue weighted by atomic mass is 10.1. The highest BCUT2D eigenvalue weighted by Crippen LogP contribution is 2.13. The van der Waals surface area contributed by atoms with Crippen molar-refractivity contribution in [1.82, 2.24) is 0 Å². The number of nitrogens with one attached hydrogen (secondary N) is 1. The molecule has 11 heavy (non-hydrogen) atoms. The Hall–Kier alpha value is -0.450. The number of rotatable bonds is 1. The third kappa shape index (κ3) is 1.99. The van der Waals surface area contributed by atoms with Crippen molar-refractivity contribution in [2.45, 2.75) is 6.92 Å². The van der Waals surface area contributed by atoms with Crippen molar-refractivity contribution in [3.05, 3.63) is 33.1 Å². The van der Waals surface area contributed by atoms with Crippen molar-refractivity contribution in [3.8, 4) is 0 Å². The van der Waals surface area contributed by atoms with Crippen molar-refractivity contribution in [2.75, 3.05) is 0 Å². The van der Waals surface area contributed by atoms with Crippen LogP contribution in [0.2, 0.25) is 0 Å². The van der Waals surface area contributed by atoms with Crippen LogP contribution in [0.5, 0.6) is 0 Å². The Bertz CT molecular complexity index is 296. The molecular weight excluding hydrogens is 256 g/mol. The molecule has 0 atom stereocenters. The van der Waals surface area contributed by atoms with Gasteiger partial charge in [0, 0.05) is 14.8 Å². The summed E-state index contributed by atoms with van der Waals surface area (Å²) in [4.78, 5) is 0. The molecular formula is C8H7FIN. The average molecular weight is 263 g/mol. The van der Waals surface area contributed by atoms with Crippen LogP contribution in [0.15, 0.2) is 18.2 Å². The van der Waals surface area contributed by atoms with Crippen LogP contribution >= 0.6 is 22.6 Å². The van der Waals surface area contributed by atoms with Crippen molar-refractivity contribution in [2.24, 2.45) is 0 Å². The monoisotopic (exact) mass is 263 g/mol. The van der Waals surface area contributed by atoms with Gasteiger partial charge in [-0.2, -0.15) is 0 Å². The summed E-state index contributed by atoms with van der Waals surface area (Å²) in [6.45, 7) is 1.65. The number of hydrogen-bond donors (Lipinski definition) is 1. The molecule has 1 N–H and O–H groups in total. The molecule has 0 amide bonds. The molecule has 0 bridgehead atoms. The lowest BCUT2D eigenvalue weighted by Crippen LogP contribution is -1.96. The fourth-order valence-corrected chi connectivity index (χ4v) is 1.52. The molecule has 0 saturated heterocycles. The van der Waals surface area contributed by atoms with Gasteiger partial charge in [0.25, 0.3) is 0 Å². The van der Waals surface area contributed by atoms with Crippen molar-refractivity contribution in [3.63, 3.8) is 0 Å². The smallest absolute Gasteiger partial charge is 0.123 e. The van der Waals surface area contributed by atoms with Gasteiger partial charge in [0.15, 0.2) is 0 Å². The summed E-state index contributed by atoms with van der Waals surface area (Å²) in [5, 5.41) is 7.30. The van der Waals surface area contributed by atoms with Crippen LogP contribution < -0.4 is 0 Å². The molecule has 0 heterocycles. The normalized spacial score (nSPS) is 9.73. The van der Waals surface area contributed by atoms with Crippen molar-refractivity contribution in [1.29, 1.82) is 5.41 Å². The van der Waals surface area contributed by atoms with Gasteiger partial charge in [-0.1, -0.05) is 0 Å². The molecule has 0 aliphatic heterocycles. The SMILES string of the molecule is CC(=N)c1cc(F)ccc1I. The molecule has 0 saturated carbocycles. The maximum Gasteiger partial charge on any atom is 0.123 e. The van der Waals surface area contributed by atoms with Crippen LogP contribution in [0.3, 0.4) is 0 Å². The van der Waals surface area contributed by atoms with E-state index >= 15 is 0 Å². The molecule has 1 aromatic carbocycles. The molecule has 0 fully saturated rings. The lowest BCUT2D eigenvalue weighted by molar-refractivity contribution is 0.627. The molecule has 0 aliphatic rings. The largest absolute Gasteiger partial charge is 0.305 e. The van der Waals surface area contributed by atoms with E-state index in [1.807, 2.05) is 0 Å². The van der Waals surface area contributed by atoms with Gasteiger partial charge in [-0.25, -0.2) is 4.39 Å². The van der Waals surface area contributed by atoms with E-state index in [9.17, 15) is 4.39 Å². The molecule has 3 heteroatoms. The molecule has 0 unspecified atom stereocenters. The van der Waals surface area contributed by atoms with Gasteiger partial charge in [0.2, 0.25) is 0 Å². The lowest BCUT2D eigenvalue weighted by Gasteiger charge is -2.00. The second-order valence-electron chi connectivity index (χ2n) is 2.25. The number of benzene rings is 1. The summed E-state index contributed by atoms with van der Waals surface area (Å²) in [7, 11) is 0. The van der Waals surface area contributed by atoms with Crippen LogP contribution in [0.1, 0.15) is 12.5 Å². The zero-order chi connectivity index (χ0) is 8.43. The molecule has 1 aromatic rings. The molecule has 0 radical (unpaired) electrons. The third-order valence-electron chi connectivity index (χ3n) is 1.33. The van der Waals surface area contributed by atoms with E-state index < -0.39 is 0 Å². The highest BCUT2D eigenvalue weighted by Gasteiger charge is 2.02. The van der Waals surface area contributed by atoms with Gasteiger partial charge >= 0.3 is 0 Å². The van der Waals surface area contributed by atoms with Gasteiger partial charge < -0.3 is 5.41 Å². The first kappa shape index (κ1) is 8.64.